The third-order valence-electron chi connectivity index (χ3n) is 4.89. The number of aromatic nitrogens is 2. The average molecular weight is 456 g/mol. The molecule has 1 unspecified atom stereocenters. The first-order chi connectivity index (χ1) is 15.3. The van der Waals surface area contributed by atoms with Gasteiger partial charge >= 0.3 is 0 Å². The molecule has 1 amide bonds. The standard InChI is InChI=1S/C23H26ClN5O3/c1-6-16-10-19(18-9-8-17(11-20(18)24)21-27-15(5)32-28-21)23(31)29(7-2)22(16)26-14(4)25-13(3)12-30/h6,8-11,13,25,30H,4,7,12H2,1-3,5H3/b16-6-,26-22+. The second-order valence-corrected chi connectivity index (χ2v) is 7.70. The molecule has 1 atom stereocenters. The fourth-order valence-corrected chi connectivity index (χ4v) is 3.56. The van der Waals surface area contributed by atoms with E-state index in [1.165, 1.54) is 0 Å². The average Bonchev–Trinajstić information content (AvgIpc) is 3.20. The van der Waals surface area contributed by atoms with E-state index in [0.717, 1.165) is 5.57 Å². The quantitative estimate of drug-likeness (QED) is 0.659. The molecule has 0 saturated heterocycles. The molecule has 1 aromatic carbocycles. The van der Waals surface area contributed by atoms with Gasteiger partial charge in [0, 0.05) is 46.8 Å². The van der Waals surface area contributed by atoms with Crippen LogP contribution >= 0.6 is 11.6 Å². The molecule has 32 heavy (non-hydrogen) atoms. The number of nitrogens with zero attached hydrogens (tertiary/aromatic N) is 4. The number of rotatable bonds is 7. The highest BCUT2D eigenvalue weighted by molar-refractivity contribution is 6.37. The van der Waals surface area contributed by atoms with Gasteiger partial charge < -0.3 is 14.9 Å². The number of amides is 1. The summed E-state index contributed by atoms with van der Waals surface area (Å²) in [4.78, 5) is 23.7. The van der Waals surface area contributed by atoms with Crippen molar-refractivity contribution in [2.75, 3.05) is 13.2 Å². The molecule has 1 aliphatic heterocycles. The first kappa shape index (κ1) is 23.4. The van der Waals surface area contributed by atoms with Gasteiger partial charge in [-0.15, -0.1) is 0 Å². The minimum atomic E-state index is -0.218. The van der Waals surface area contributed by atoms with Crippen LogP contribution < -0.4 is 5.32 Å². The number of aliphatic hydroxyl groups is 1. The highest BCUT2D eigenvalue weighted by atomic mass is 35.5. The number of benzene rings is 1. The number of aryl methyl sites for hydroxylation is 1. The normalized spacial score (nSPS) is 17.6. The maximum absolute atomic E-state index is 13.4. The summed E-state index contributed by atoms with van der Waals surface area (Å²) in [5, 5.41) is 16.6. The molecular weight excluding hydrogens is 430 g/mol. The van der Waals surface area contributed by atoms with E-state index in [9.17, 15) is 9.90 Å². The van der Waals surface area contributed by atoms with Crippen LogP contribution in [-0.2, 0) is 4.79 Å². The third-order valence-corrected chi connectivity index (χ3v) is 5.20. The zero-order valence-corrected chi connectivity index (χ0v) is 19.3. The van der Waals surface area contributed by atoms with E-state index in [1.54, 1.807) is 36.1 Å². The van der Waals surface area contributed by atoms with Gasteiger partial charge in [-0.2, -0.15) is 4.98 Å². The number of amidine groups is 1. The summed E-state index contributed by atoms with van der Waals surface area (Å²) < 4.78 is 5.03. The number of likely N-dealkylation sites (N-methyl/N-ethyl adjacent to an activating group) is 1. The van der Waals surface area contributed by atoms with E-state index >= 15 is 0 Å². The molecule has 0 aliphatic carbocycles. The lowest BCUT2D eigenvalue weighted by molar-refractivity contribution is -0.121. The minimum absolute atomic E-state index is 0.0568. The molecule has 3 rings (SSSR count). The molecule has 0 saturated carbocycles. The Morgan fingerprint density at radius 1 is 1.47 bits per heavy atom. The Morgan fingerprint density at radius 3 is 2.78 bits per heavy atom. The number of aliphatic hydroxyl groups excluding tert-OH is 1. The predicted octanol–water partition coefficient (Wildman–Crippen LogP) is 3.73. The van der Waals surface area contributed by atoms with Crippen LogP contribution in [0.5, 0.6) is 0 Å². The Hall–Kier alpha value is -3.23. The Balaban J connectivity index is 2.00. The van der Waals surface area contributed by atoms with Gasteiger partial charge in [0.15, 0.2) is 0 Å². The largest absolute Gasteiger partial charge is 0.394 e. The molecule has 2 N–H and O–H groups in total. The van der Waals surface area contributed by atoms with Crippen LogP contribution in [0.3, 0.4) is 0 Å². The van der Waals surface area contributed by atoms with Crippen LogP contribution in [0.4, 0.5) is 0 Å². The number of halogens is 1. The Kier molecular flexibility index (Phi) is 7.27. The van der Waals surface area contributed by atoms with Crippen molar-refractivity contribution in [2.24, 2.45) is 4.99 Å². The lowest BCUT2D eigenvalue weighted by Gasteiger charge is -2.30. The van der Waals surface area contributed by atoms with E-state index < -0.39 is 0 Å². The van der Waals surface area contributed by atoms with Crippen molar-refractivity contribution >= 4 is 28.9 Å². The molecule has 9 heteroatoms. The summed E-state index contributed by atoms with van der Waals surface area (Å²) in [5.41, 5.74) is 2.51. The van der Waals surface area contributed by atoms with Gasteiger partial charge in [-0.1, -0.05) is 41.5 Å². The fourth-order valence-electron chi connectivity index (χ4n) is 3.28. The van der Waals surface area contributed by atoms with Crippen molar-refractivity contribution in [2.45, 2.75) is 33.7 Å². The number of allylic oxidation sites excluding steroid dienone is 1. The van der Waals surface area contributed by atoms with Crippen molar-refractivity contribution < 1.29 is 14.4 Å². The maximum Gasteiger partial charge on any atom is 0.260 e. The highest BCUT2D eigenvalue weighted by Crippen LogP contribution is 2.33. The molecule has 8 nitrogen and oxygen atoms in total. The second-order valence-electron chi connectivity index (χ2n) is 7.29. The number of carbonyl (C=O) groups excluding carboxylic acids is 1. The van der Waals surface area contributed by atoms with Crippen molar-refractivity contribution in [3.05, 3.63) is 64.8 Å². The van der Waals surface area contributed by atoms with Crippen molar-refractivity contribution in [1.29, 1.82) is 0 Å². The zero-order valence-electron chi connectivity index (χ0n) is 18.5. The van der Waals surface area contributed by atoms with E-state index in [1.807, 2.05) is 26.8 Å². The van der Waals surface area contributed by atoms with Gasteiger partial charge in [0.05, 0.1) is 6.61 Å². The van der Waals surface area contributed by atoms with Crippen LogP contribution in [0.1, 0.15) is 32.2 Å². The van der Waals surface area contributed by atoms with Gasteiger partial charge in [0.2, 0.25) is 11.7 Å². The number of hydrogen-bond acceptors (Lipinski definition) is 7. The molecule has 2 heterocycles. The number of nitrogens with one attached hydrogen (secondary N) is 1. The Morgan fingerprint density at radius 2 is 2.22 bits per heavy atom. The first-order valence-electron chi connectivity index (χ1n) is 10.2. The van der Waals surface area contributed by atoms with E-state index in [0.29, 0.717) is 51.6 Å². The molecule has 0 fully saturated rings. The molecule has 1 aliphatic rings. The molecular formula is C23H26ClN5O3. The van der Waals surface area contributed by atoms with Gasteiger partial charge in [-0.3, -0.25) is 9.69 Å². The monoisotopic (exact) mass is 455 g/mol. The summed E-state index contributed by atoms with van der Waals surface area (Å²) in [5.74, 6) is 1.52. The van der Waals surface area contributed by atoms with Crippen LogP contribution in [0.15, 0.2) is 57.8 Å². The first-order valence-corrected chi connectivity index (χ1v) is 10.6. The predicted molar refractivity (Wildman–Crippen MR) is 125 cm³/mol. The van der Waals surface area contributed by atoms with E-state index in [2.05, 4.69) is 27.0 Å². The van der Waals surface area contributed by atoms with Crippen molar-refractivity contribution in [3.63, 3.8) is 0 Å². The second kappa shape index (κ2) is 9.93. The molecule has 0 bridgehead atoms. The van der Waals surface area contributed by atoms with Crippen LogP contribution in [0.25, 0.3) is 17.0 Å². The SMILES string of the molecule is C=C(/N=C1\C(=C/C)C=C(c2ccc(-c3noc(C)n3)cc2Cl)C(=O)N1CC)NC(C)CO. The topological polar surface area (TPSA) is 104 Å². The molecule has 0 radical (unpaired) electrons. The molecule has 1 aromatic heterocycles. The summed E-state index contributed by atoms with van der Waals surface area (Å²) in [6.07, 6.45) is 3.65. The fraction of sp³-hybridized carbons (Fsp3) is 0.304. The zero-order chi connectivity index (χ0) is 23.4. The highest BCUT2D eigenvalue weighted by Gasteiger charge is 2.31. The molecule has 168 valence electrons. The lowest BCUT2D eigenvalue weighted by atomic mass is 9.95. The van der Waals surface area contributed by atoms with Crippen LogP contribution in [0.2, 0.25) is 5.02 Å². The maximum atomic E-state index is 13.4. The smallest absolute Gasteiger partial charge is 0.260 e. The number of carbonyl (C=O) groups is 1. The summed E-state index contributed by atoms with van der Waals surface area (Å²) in [6, 6.07) is 5.09. The van der Waals surface area contributed by atoms with Crippen LogP contribution in [-0.4, -0.2) is 51.1 Å². The summed E-state index contributed by atoms with van der Waals surface area (Å²) in [6.45, 7) is 11.5. The number of aliphatic imine (C=N–C) groups is 1. The number of hydrogen-bond donors (Lipinski definition) is 2. The van der Waals surface area contributed by atoms with Gasteiger partial charge in [-0.05, 0) is 32.9 Å². The summed E-state index contributed by atoms with van der Waals surface area (Å²) in [7, 11) is 0. The molecule has 2 aromatic rings. The Labute approximate surface area is 192 Å². The Bertz CT molecular complexity index is 1130. The van der Waals surface area contributed by atoms with Crippen molar-refractivity contribution in [1.82, 2.24) is 20.4 Å². The van der Waals surface area contributed by atoms with E-state index in [4.69, 9.17) is 16.1 Å². The lowest BCUT2D eigenvalue weighted by Crippen LogP contribution is -2.41. The molecule has 0 spiro atoms. The van der Waals surface area contributed by atoms with Gasteiger partial charge in [0.1, 0.15) is 11.7 Å². The van der Waals surface area contributed by atoms with Crippen LogP contribution in [0, 0.1) is 6.92 Å². The van der Waals surface area contributed by atoms with Gasteiger partial charge in [0.25, 0.3) is 5.91 Å². The van der Waals surface area contributed by atoms with Crippen molar-refractivity contribution in [3.8, 4) is 11.4 Å². The summed E-state index contributed by atoms with van der Waals surface area (Å²) >= 11 is 6.57. The minimum Gasteiger partial charge on any atom is -0.394 e. The third kappa shape index (κ3) is 4.81. The van der Waals surface area contributed by atoms with Gasteiger partial charge in [-0.25, -0.2) is 4.99 Å². The van der Waals surface area contributed by atoms with E-state index in [-0.39, 0.29) is 18.6 Å².